The molecule has 1 aromatic carbocycles. The average Bonchev–Trinajstić information content (AvgIpc) is 3.07. The molecule has 1 aliphatic rings. The number of guanidine groups is 1. The van der Waals surface area contributed by atoms with Gasteiger partial charge in [0, 0.05) is 19.3 Å². The van der Waals surface area contributed by atoms with Gasteiger partial charge in [-0.15, -0.1) is 0 Å². The molecule has 4 rings (SSSR count). The van der Waals surface area contributed by atoms with Crippen LogP contribution in [0.2, 0.25) is 0 Å². The summed E-state index contributed by atoms with van der Waals surface area (Å²) in [6.45, 7) is 2.29. The molecular weight excluding hydrogens is 362 g/mol. The Balaban J connectivity index is 1.56. The lowest BCUT2D eigenvalue weighted by atomic mass is 9.91. The van der Waals surface area contributed by atoms with Gasteiger partial charge in [-0.2, -0.15) is 0 Å². The molecule has 7 heteroatoms. The highest BCUT2D eigenvalue weighted by Crippen LogP contribution is 2.33. The van der Waals surface area contributed by atoms with Crippen LogP contribution in [0.4, 0.5) is 0 Å². The molecule has 152 valence electrons. The van der Waals surface area contributed by atoms with Gasteiger partial charge in [0.1, 0.15) is 5.82 Å². The quantitative estimate of drug-likeness (QED) is 0.327. The lowest BCUT2D eigenvalue weighted by molar-refractivity contribution is 0.201. The lowest BCUT2D eigenvalue weighted by Gasteiger charge is -2.32. The topological polar surface area (TPSA) is 95.9 Å². The minimum Gasteiger partial charge on any atom is -0.370 e. The summed E-state index contributed by atoms with van der Waals surface area (Å²) in [5.41, 5.74) is 10.2. The third-order valence-corrected chi connectivity index (χ3v) is 5.70. The predicted octanol–water partition coefficient (Wildman–Crippen LogP) is 2.81. The number of para-hydroxylation sites is 2. The second kappa shape index (κ2) is 8.61. The van der Waals surface area contributed by atoms with Gasteiger partial charge in [0.05, 0.1) is 29.3 Å². The van der Waals surface area contributed by atoms with Crippen LogP contribution in [-0.4, -0.2) is 39.0 Å². The van der Waals surface area contributed by atoms with Crippen LogP contribution in [-0.2, 0) is 19.5 Å². The molecule has 1 aliphatic carbocycles. The number of nitrogens with zero attached hydrogens (tertiary/aromatic N) is 4. The summed E-state index contributed by atoms with van der Waals surface area (Å²) in [5.74, 6) is 1.09. The summed E-state index contributed by atoms with van der Waals surface area (Å²) in [7, 11) is 2.18. The summed E-state index contributed by atoms with van der Waals surface area (Å²) in [5, 5.41) is 10.2. The van der Waals surface area contributed by atoms with Crippen molar-refractivity contribution in [2.45, 2.75) is 44.8 Å². The van der Waals surface area contributed by atoms with Gasteiger partial charge >= 0.3 is 0 Å². The summed E-state index contributed by atoms with van der Waals surface area (Å²) < 4.78 is 2.30. The second-order valence-electron chi connectivity index (χ2n) is 7.73. The van der Waals surface area contributed by atoms with E-state index >= 15 is 0 Å². The Morgan fingerprint density at radius 2 is 2.17 bits per heavy atom. The van der Waals surface area contributed by atoms with Gasteiger partial charge in [-0.3, -0.25) is 15.3 Å². The van der Waals surface area contributed by atoms with E-state index in [1.54, 1.807) is 0 Å². The SMILES string of the molecule is CN(Cc1nc2ccccc2n1CCCNC(=N)N)C1CCCc2cccnc21. The van der Waals surface area contributed by atoms with Gasteiger partial charge in [0.2, 0.25) is 0 Å². The lowest BCUT2D eigenvalue weighted by Crippen LogP contribution is -2.31. The first-order chi connectivity index (χ1) is 14.1. The van der Waals surface area contributed by atoms with Crippen LogP contribution in [0.1, 0.15) is 42.4 Å². The van der Waals surface area contributed by atoms with E-state index in [-0.39, 0.29) is 5.96 Å². The first-order valence-corrected chi connectivity index (χ1v) is 10.3. The molecule has 0 fully saturated rings. The normalized spacial score (nSPS) is 16.1. The molecule has 0 bridgehead atoms. The Hall–Kier alpha value is -2.93. The zero-order valence-corrected chi connectivity index (χ0v) is 16.9. The molecule has 1 atom stereocenters. The highest BCUT2D eigenvalue weighted by Gasteiger charge is 2.26. The highest BCUT2D eigenvalue weighted by molar-refractivity contribution is 5.76. The van der Waals surface area contributed by atoms with Crippen molar-refractivity contribution in [3.05, 3.63) is 59.7 Å². The minimum atomic E-state index is 0.0175. The monoisotopic (exact) mass is 391 g/mol. The Morgan fingerprint density at radius 1 is 1.31 bits per heavy atom. The molecule has 0 saturated heterocycles. The maximum atomic E-state index is 7.32. The first kappa shape index (κ1) is 19.4. The molecule has 0 spiro atoms. The summed E-state index contributed by atoms with van der Waals surface area (Å²) >= 11 is 0. The maximum Gasteiger partial charge on any atom is 0.185 e. The number of benzene rings is 1. The van der Waals surface area contributed by atoms with E-state index in [0.717, 1.165) is 49.2 Å². The minimum absolute atomic E-state index is 0.0175. The van der Waals surface area contributed by atoms with E-state index in [9.17, 15) is 0 Å². The van der Waals surface area contributed by atoms with Crippen LogP contribution < -0.4 is 11.1 Å². The number of imidazole rings is 1. The van der Waals surface area contributed by atoms with Gasteiger partial charge in [0.25, 0.3) is 0 Å². The number of pyridine rings is 1. The molecular formula is C22H29N7. The molecule has 0 amide bonds. The van der Waals surface area contributed by atoms with Crippen molar-refractivity contribution in [2.24, 2.45) is 5.73 Å². The highest BCUT2D eigenvalue weighted by atomic mass is 15.2. The number of hydrogen-bond donors (Lipinski definition) is 3. The van der Waals surface area contributed by atoms with Crippen LogP contribution in [0.5, 0.6) is 0 Å². The molecule has 29 heavy (non-hydrogen) atoms. The molecule has 4 N–H and O–H groups in total. The number of hydrogen-bond acceptors (Lipinski definition) is 4. The van der Waals surface area contributed by atoms with Crippen LogP contribution in [0, 0.1) is 5.41 Å². The van der Waals surface area contributed by atoms with E-state index in [2.05, 4.69) is 46.1 Å². The maximum absolute atomic E-state index is 7.32. The number of rotatable bonds is 7. The molecule has 0 aliphatic heterocycles. The Labute approximate surface area is 171 Å². The van der Waals surface area contributed by atoms with Crippen molar-refractivity contribution in [3.63, 3.8) is 0 Å². The zero-order valence-electron chi connectivity index (χ0n) is 16.9. The molecule has 1 unspecified atom stereocenters. The van der Waals surface area contributed by atoms with Gasteiger partial charge in [-0.25, -0.2) is 4.98 Å². The van der Waals surface area contributed by atoms with Crippen molar-refractivity contribution >= 4 is 17.0 Å². The number of fused-ring (bicyclic) bond motifs is 2. The Kier molecular flexibility index (Phi) is 5.76. The second-order valence-corrected chi connectivity index (χ2v) is 7.73. The summed E-state index contributed by atoms with van der Waals surface area (Å²) in [6, 6.07) is 12.9. The molecule has 0 radical (unpaired) electrons. The first-order valence-electron chi connectivity index (χ1n) is 10.3. The number of nitrogens with one attached hydrogen (secondary N) is 2. The number of aromatic nitrogens is 3. The molecule has 2 aromatic heterocycles. The number of aryl methyl sites for hydroxylation is 2. The van der Waals surface area contributed by atoms with Gasteiger partial charge in [-0.05, 0) is 56.5 Å². The van der Waals surface area contributed by atoms with E-state index in [1.165, 1.54) is 17.7 Å². The van der Waals surface area contributed by atoms with Gasteiger partial charge in [-0.1, -0.05) is 18.2 Å². The van der Waals surface area contributed by atoms with Crippen molar-refractivity contribution in [3.8, 4) is 0 Å². The number of nitrogens with two attached hydrogens (primary N) is 1. The van der Waals surface area contributed by atoms with E-state index in [0.29, 0.717) is 12.6 Å². The fraction of sp³-hybridized carbons (Fsp3) is 0.409. The zero-order chi connectivity index (χ0) is 20.2. The third-order valence-electron chi connectivity index (χ3n) is 5.70. The van der Waals surface area contributed by atoms with Crippen molar-refractivity contribution in [2.75, 3.05) is 13.6 Å². The predicted molar refractivity (Wildman–Crippen MR) is 116 cm³/mol. The smallest absolute Gasteiger partial charge is 0.185 e. The van der Waals surface area contributed by atoms with E-state index < -0.39 is 0 Å². The average molecular weight is 392 g/mol. The van der Waals surface area contributed by atoms with E-state index in [4.69, 9.17) is 21.1 Å². The largest absolute Gasteiger partial charge is 0.370 e. The molecule has 0 saturated carbocycles. The molecule has 3 aromatic rings. The fourth-order valence-corrected chi connectivity index (χ4v) is 4.30. The van der Waals surface area contributed by atoms with Gasteiger partial charge in [0.15, 0.2) is 5.96 Å². The molecule has 2 heterocycles. The summed E-state index contributed by atoms with van der Waals surface area (Å²) in [6.07, 6.45) is 6.23. The van der Waals surface area contributed by atoms with Crippen LogP contribution in [0.25, 0.3) is 11.0 Å². The van der Waals surface area contributed by atoms with Crippen molar-refractivity contribution in [1.82, 2.24) is 24.8 Å². The Morgan fingerprint density at radius 3 is 3.03 bits per heavy atom. The van der Waals surface area contributed by atoms with Crippen LogP contribution >= 0.6 is 0 Å². The standard InChI is InChI=1S/C22H29N7/c1-28(19-11-4-7-16-8-5-12-25-21(16)19)15-20-27-17-9-2-3-10-18(17)29(20)14-6-13-26-22(23)24/h2-3,5,8-10,12,19H,4,6-7,11,13-15H2,1H3,(H4,23,24,26). The third kappa shape index (κ3) is 4.24. The Bertz CT molecular complexity index is 994. The van der Waals surface area contributed by atoms with E-state index in [1.807, 2.05) is 18.3 Å². The van der Waals surface area contributed by atoms with Crippen molar-refractivity contribution < 1.29 is 0 Å². The molecule has 7 nitrogen and oxygen atoms in total. The summed E-state index contributed by atoms with van der Waals surface area (Å²) in [4.78, 5) is 12.0. The van der Waals surface area contributed by atoms with Crippen molar-refractivity contribution in [1.29, 1.82) is 5.41 Å². The van der Waals surface area contributed by atoms with Crippen LogP contribution in [0.15, 0.2) is 42.6 Å². The fourth-order valence-electron chi connectivity index (χ4n) is 4.30. The van der Waals surface area contributed by atoms with Crippen LogP contribution in [0.3, 0.4) is 0 Å². The van der Waals surface area contributed by atoms with Gasteiger partial charge < -0.3 is 15.6 Å².